The van der Waals surface area contributed by atoms with Crippen LogP contribution in [0.4, 0.5) is 0 Å². The van der Waals surface area contributed by atoms with Crippen LogP contribution in [-0.4, -0.2) is 15.0 Å². The van der Waals surface area contributed by atoms with Gasteiger partial charge in [0.2, 0.25) is 0 Å². The number of hydrogen-bond donors (Lipinski definition) is 0. The molecule has 0 saturated carbocycles. The Hall–Kier alpha value is -1.93. The molecular weight excluding hydrogens is 349 g/mol. The molecule has 1 radical (unpaired) electrons. The normalized spacial score (nSPS) is 10.0. The Balaban J connectivity index is 0.00000161. The first-order chi connectivity index (χ1) is 9.74. The predicted molar refractivity (Wildman–Crippen MR) is 79.0 cm³/mol. The van der Waals surface area contributed by atoms with Gasteiger partial charge in [-0.25, -0.2) is 0 Å². The van der Waals surface area contributed by atoms with Crippen LogP contribution in [0.25, 0.3) is 22.5 Å². The van der Waals surface area contributed by atoms with Crippen LogP contribution in [-0.2, 0) is 19.5 Å². The predicted octanol–water partition coefficient (Wildman–Crippen LogP) is 3.62. The zero-order valence-corrected chi connectivity index (χ0v) is 13.4. The molecule has 107 valence electrons. The van der Waals surface area contributed by atoms with Gasteiger partial charge in [0.25, 0.3) is 0 Å². The van der Waals surface area contributed by atoms with Gasteiger partial charge in [0.15, 0.2) is 0 Å². The molecule has 0 N–H and O–H groups in total. The molecular formula is C17H14N3Rh-. The van der Waals surface area contributed by atoms with Gasteiger partial charge < -0.3 is 4.98 Å². The molecule has 0 aliphatic heterocycles. The van der Waals surface area contributed by atoms with E-state index in [9.17, 15) is 0 Å². The van der Waals surface area contributed by atoms with Crippen LogP contribution < -0.4 is 0 Å². The van der Waals surface area contributed by atoms with Gasteiger partial charge >= 0.3 is 0 Å². The van der Waals surface area contributed by atoms with Crippen LogP contribution in [0.5, 0.6) is 0 Å². The summed E-state index contributed by atoms with van der Waals surface area (Å²) < 4.78 is 0. The number of aryl methyl sites for hydroxylation is 2. The van der Waals surface area contributed by atoms with E-state index in [-0.39, 0.29) is 19.5 Å². The van der Waals surface area contributed by atoms with Crippen molar-refractivity contribution >= 4 is 0 Å². The Morgan fingerprint density at radius 3 is 2.67 bits per heavy atom. The third kappa shape index (κ3) is 3.40. The van der Waals surface area contributed by atoms with Crippen LogP contribution in [0.2, 0.25) is 0 Å². The Labute approximate surface area is 137 Å². The molecule has 0 unspecified atom stereocenters. The van der Waals surface area contributed by atoms with Crippen LogP contribution in [0, 0.1) is 19.9 Å². The third-order valence-electron chi connectivity index (χ3n) is 3.09. The molecule has 21 heavy (non-hydrogen) atoms. The van der Waals surface area contributed by atoms with E-state index in [0.29, 0.717) is 0 Å². The van der Waals surface area contributed by atoms with Gasteiger partial charge in [0, 0.05) is 31.9 Å². The molecule has 0 bridgehead atoms. The summed E-state index contributed by atoms with van der Waals surface area (Å²) in [5.41, 5.74) is 5.67. The van der Waals surface area contributed by atoms with Crippen molar-refractivity contribution in [2.24, 2.45) is 0 Å². The summed E-state index contributed by atoms with van der Waals surface area (Å²) in [4.78, 5) is 13.3. The van der Waals surface area contributed by atoms with Crippen LogP contribution in [0.3, 0.4) is 0 Å². The topological polar surface area (TPSA) is 38.7 Å². The van der Waals surface area contributed by atoms with E-state index in [1.54, 1.807) is 12.4 Å². The summed E-state index contributed by atoms with van der Waals surface area (Å²) in [5.74, 6) is 0. The quantitative estimate of drug-likeness (QED) is 0.516. The Kier molecular flexibility index (Phi) is 4.92. The molecule has 0 saturated heterocycles. The van der Waals surface area contributed by atoms with Crippen LogP contribution in [0.15, 0.2) is 48.8 Å². The SMILES string of the molecule is Cc1cnc(C)c(-c2cc[c-]c(-c3ccccn3)c2)n1.[Rh]. The average molecular weight is 363 g/mol. The van der Waals surface area contributed by atoms with E-state index in [0.717, 1.165) is 33.9 Å². The van der Waals surface area contributed by atoms with Crippen molar-refractivity contribution in [3.63, 3.8) is 0 Å². The van der Waals surface area contributed by atoms with Crippen molar-refractivity contribution in [1.82, 2.24) is 15.0 Å². The van der Waals surface area contributed by atoms with E-state index in [2.05, 4.69) is 27.1 Å². The number of rotatable bonds is 2. The van der Waals surface area contributed by atoms with Gasteiger partial charge in [-0.2, -0.15) is 0 Å². The third-order valence-corrected chi connectivity index (χ3v) is 3.09. The molecule has 4 heteroatoms. The van der Waals surface area contributed by atoms with E-state index in [1.165, 1.54) is 0 Å². The molecule has 0 spiro atoms. The second-order valence-corrected chi connectivity index (χ2v) is 4.65. The van der Waals surface area contributed by atoms with E-state index < -0.39 is 0 Å². The maximum atomic E-state index is 4.58. The van der Waals surface area contributed by atoms with Crippen molar-refractivity contribution in [1.29, 1.82) is 0 Å². The number of pyridine rings is 1. The summed E-state index contributed by atoms with van der Waals surface area (Å²) >= 11 is 0. The summed E-state index contributed by atoms with van der Waals surface area (Å²) in [6.07, 6.45) is 3.57. The second-order valence-electron chi connectivity index (χ2n) is 4.65. The fourth-order valence-electron chi connectivity index (χ4n) is 2.09. The fourth-order valence-corrected chi connectivity index (χ4v) is 2.09. The second kappa shape index (κ2) is 6.68. The maximum absolute atomic E-state index is 4.58. The largest absolute Gasteiger partial charge is 0.305 e. The molecule has 0 fully saturated rings. The van der Waals surface area contributed by atoms with Crippen molar-refractivity contribution in [3.8, 4) is 22.5 Å². The molecule has 3 aromatic rings. The zero-order valence-electron chi connectivity index (χ0n) is 11.8. The van der Waals surface area contributed by atoms with Crippen LogP contribution in [0.1, 0.15) is 11.4 Å². The smallest absolute Gasteiger partial charge is 0.0734 e. The van der Waals surface area contributed by atoms with Gasteiger partial charge in [-0.1, -0.05) is 17.7 Å². The number of benzene rings is 1. The summed E-state index contributed by atoms with van der Waals surface area (Å²) in [5, 5.41) is 0. The van der Waals surface area contributed by atoms with Gasteiger partial charge in [-0.15, -0.1) is 29.8 Å². The molecule has 0 aliphatic rings. The van der Waals surface area contributed by atoms with Gasteiger partial charge in [-0.3, -0.25) is 9.97 Å². The summed E-state index contributed by atoms with van der Waals surface area (Å²) in [6.45, 7) is 3.92. The first kappa shape index (κ1) is 15.5. The molecule has 0 amide bonds. The number of hydrogen-bond acceptors (Lipinski definition) is 3. The molecule has 3 rings (SSSR count). The van der Waals surface area contributed by atoms with E-state index in [4.69, 9.17) is 0 Å². The minimum absolute atomic E-state index is 0. The Morgan fingerprint density at radius 1 is 1.05 bits per heavy atom. The maximum Gasteiger partial charge on any atom is 0.0734 e. The molecule has 0 aliphatic carbocycles. The van der Waals surface area contributed by atoms with E-state index >= 15 is 0 Å². The monoisotopic (exact) mass is 363 g/mol. The average Bonchev–Trinajstić information content (AvgIpc) is 2.51. The molecule has 1 aromatic carbocycles. The minimum Gasteiger partial charge on any atom is -0.305 e. The molecule has 2 heterocycles. The van der Waals surface area contributed by atoms with Gasteiger partial charge in [-0.05, 0) is 25.6 Å². The summed E-state index contributed by atoms with van der Waals surface area (Å²) in [7, 11) is 0. The molecule has 0 atom stereocenters. The van der Waals surface area contributed by atoms with Crippen molar-refractivity contribution in [3.05, 3.63) is 66.2 Å². The fraction of sp³-hybridized carbons (Fsp3) is 0.118. The Bertz CT molecular complexity index is 742. The standard InChI is InChI=1S/C17H14N3.Rh/c1-12-11-19-13(2)17(20-12)15-7-5-6-14(10-15)16-8-3-4-9-18-16;/h3-5,7-11H,1-2H3;/q-1;. The minimum atomic E-state index is 0. The van der Waals surface area contributed by atoms with E-state index in [1.807, 2.05) is 44.2 Å². The number of aromatic nitrogens is 3. The van der Waals surface area contributed by atoms with Crippen LogP contribution >= 0.6 is 0 Å². The van der Waals surface area contributed by atoms with Gasteiger partial charge in [0.1, 0.15) is 0 Å². The van der Waals surface area contributed by atoms with Crippen molar-refractivity contribution in [2.75, 3.05) is 0 Å². The first-order valence-corrected chi connectivity index (χ1v) is 6.48. The van der Waals surface area contributed by atoms with Crippen molar-refractivity contribution in [2.45, 2.75) is 13.8 Å². The Morgan fingerprint density at radius 2 is 1.90 bits per heavy atom. The molecule has 3 nitrogen and oxygen atoms in total. The number of nitrogens with zero attached hydrogens (tertiary/aromatic N) is 3. The van der Waals surface area contributed by atoms with Crippen molar-refractivity contribution < 1.29 is 19.5 Å². The zero-order chi connectivity index (χ0) is 13.9. The van der Waals surface area contributed by atoms with Gasteiger partial charge in [0.05, 0.1) is 17.1 Å². The molecule has 2 aromatic heterocycles. The first-order valence-electron chi connectivity index (χ1n) is 6.48. The summed E-state index contributed by atoms with van der Waals surface area (Å²) in [6, 6.07) is 15.0.